The Morgan fingerprint density at radius 1 is 0.880 bits per heavy atom. The highest BCUT2D eigenvalue weighted by Crippen LogP contribution is 2.12. The van der Waals surface area contributed by atoms with E-state index in [1.165, 1.54) is 12.8 Å². The lowest BCUT2D eigenvalue weighted by Crippen LogP contribution is -2.24. The van der Waals surface area contributed by atoms with Crippen LogP contribution in [-0.4, -0.2) is 18.4 Å². The Kier molecular flexibility index (Phi) is 7.20. The Bertz CT molecular complexity index is 708. The molecule has 2 rings (SSSR count). The summed E-state index contributed by atoms with van der Waals surface area (Å²) in [5.74, 6) is -0.232. The van der Waals surface area contributed by atoms with E-state index >= 15 is 0 Å². The molecule has 4 heteroatoms. The summed E-state index contributed by atoms with van der Waals surface area (Å²) < 4.78 is 0. The number of hydrogen-bond donors (Lipinski definition) is 2. The molecular weight excluding hydrogens is 312 g/mol. The van der Waals surface area contributed by atoms with Gasteiger partial charge in [-0.2, -0.15) is 0 Å². The number of hydrogen-bond acceptors (Lipinski definition) is 2. The molecular formula is C21H26N2O2. The Morgan fingerprint density at radius 3 is 2.32 bits per heavy atom. The number of aryl methyl sites for hydroxylation is 1. The van der Waals surface area contributed by atoms with E-state index in [-0.39, 0.29) is 11.8 Å². The number of nitrogens with one attached hydrogen (secondary N) is 2. The Morgan fingerprint density at radius 2 is 1.64 bits per heavy atom. The first-order valence-corrected chi connectivity index (χ1v) is 8.86. The second-order valence-corrected chi connectivity index (χ2v) is 6.22. The van der Waals surface area contributed by atoms with Crippen molar-refractivity contribution in [3.8, 4) is 0 Å². The molecule has 0 saturated carbocycles. The second kappa shape index (κ2) is 9.62. The smallest absolute Gasteiger partial charge is 0.255 e. The van der Waals surface area contributed by atoms with E-state index in [1.54, 1.807) is 30.3 Å². The summed E-state index contributed by atoms with van der Waals surface area (Å²) >= 11 is 0. The van der Waals surface area contributed by atoms with E-state index in [0.717, 1.165) is 18.4 Å². The zero-order valence-electron chi connectivity index (χ0n) is 15.0. The lowest BCUT2D eigenvalue weighted by atomic mass is 10.1. The lowest BCUT2D eigenvalue weighted by molar-refractivity contribution is 0.0952. The third-order valence-corrected chi connectivity index (χ3v) is 4.00. The Hall–Kier alpha value is -2.62. The monoisotopic (exact) mass is 338 g/mol. The van der Waals surface area contributed by atoms with Crippen LogP contribution >= 0.6 is 0 Å². The van der Waals surface area contributed by atoms with Crippen molar-refractivity contribution in [2.24, 2.45) is 0 Å². The zero-order chi connectivity index (χ0) is 18.1. The Balaban J connectivity index is 1.86. The van der Waals surface area contributed by atoms with Gasteiger partial charge in [0, 0.05) is 23.4 Å². The fourth-order valence-electron chi connectivity index (χ4n) is 2.55. The molecule has 0 radical (unpaired) electrons. The largest absolute Gasteiger partial charge is 0.352 e. The van der Waals surface area contributed by atoms with Crippen LogP contribution in [0.3, 0.4) is 0 Å². The summed E-state index contributed by atoms with van der Waals surface area (Å²) in [6.07, 6.45) is 4.53. The lowest BCUT2D eigenvalue weighted by Gasteiger charge is -2.08. The van der Waals surface area contributed by atoms with Crippen molar-refractivity contribution in [3.05, 3.63) is 65.2 Å². The van der Waals surface area contributed by atoms with E-state index in [1.807, 2.05) is 25.1 Å². The van der Waals surface area contributed by atoms with Crippen LogP contribution < -0.4 is 10.6 Å². The number of amides is 2. The minimum Gasteiger partial charge on any atom is -0.352 e. The van der Waals surface area contributed by atoms with Gasteiger partial charge >= 0.3 is 0 Å². The average Bonchev–Trinajstić information content (AvgIpc) is 2.62. The van der Waals surface area contributed by atoms with Gasteiger partial charge in [-0.1, -0.05) is 43.9 Å². The van der Waals surface area contributed by atoms with Gasteiger partial charge in [0.2, 0.25) is 0 Å². The molecule has 0 aliphatic carbocycles. The van der Waals surface area contributed by atoms with Gasteiger partial charge in [0.05, 0.1) is 0 Å². The fraction of sp³-hybridized carbons (Fsp3) is 0.333. The summed E-state index contributed by atoms with van der Waals surface area (Å²) in [6, 6.07) is 14.4. The molecule has 2 aromatic rings. The van der Waals surface area contributed by atoms with Gasteiger partial charge in [-0.15, -0.1) is 0 Å². The van der Waals surface area contributed by atoms with Crippen molar-refractivity contribution in [2.45, 2.75) is 39.5 Å². The van der Waals surface area contributed by atoms with Crippen LogP contribution in [-0.2, 0) is 0 Å². The molecule has 0 heterocycles. The van der Waals surface area contributed by atoms with Gasteiger partial charge in [0.1, 0.15) is 0 Å². The quantitative estimate of drug-likeness (QED) is 0.693. The minimum absolute atomic E-state index is 0.0759. The van der Waals surface area contributed by atoms with Crippen molar-refractivity contribution in [2.75, 3.05) is 11.9 Å². The number of carbonyl (C=O) groups is 2. The number of carbonyl (C=O) groups excluding carboxylic acids is 2. The van der Waals surface area contributed by atoms with Gasteiger partial charge in [0.25, 0.3) is 11.8 Å². The van der Waals surface area contributed by atoms with Crippen LogP contribution in [0.4, 0.5) is 5.69 Å². The highest BCUT2D eigenvalue weighted by atomic mass is 16.2. The standard InChI is InChI=1S/C21H26N2O2/c1-3-4-5-6-14-22-20(24)17-10-12-19(13-11-17)23-21(25)18-9-7-8-16(2)15-18/h7-13,15H,3-6,14H2,1-2H3,(H,22,24)(H,23,25). The van der Waals surface area contributed by atoms with E-state index < -0.39 is 0 Å². The predicted molar refractivity (Wildman–Crippen MR) is 102 cm³/mol. The van der Waals surface area contributed by atoms with Crippen LogP contribution in [0.1, 0.15) is 58.9 Å². The molecule has 4 nitrogen and oxygen atoms in total. The molecule has 25 heavy (non-hydrogen) atoms. The zero-order valence-corrected chi connectivity index (χ0v) is 15.0. The topological polar surface area (TPSA) is 58.2 Å². The van der Waals surface area contributed by atoms with E-state index in [9.17, 15) is 9.59 Å². The first-order chi connectivity index (χ1) is 12.1. The maximum absolute atomic E-state index is 12.2. The molecule has 0 saturated heterocycles. The third kappa shape index (κ3) is 6.07. The maximum atomic E-state index is 12.2. The van der Waals surface area contributed by atoms with Crippen molar-refractivity contribution >= 4 is 17.5 Å². The predicted octanol–water partition coefficient (Wildman–Crippen LogP) is 4.56. The third-order valence-electron chi connectivity index (χ3n) is 4.00. The molecule has 0 aliphatic heterocycles. The molecule has 0 unspecified atom stereocenters. The van der Waals surface area contributed by atoms with Crippen molar-refractivity contribution < 1.29 is 9.59 Å². The number of benzene rings is 2. The van der Waals surface area contributed by atoms with Crippen LogP contribution in [0.15, 0.2) is 48.5 Å². The number of rotatable bonds is 8. The van der Waals surface area contributed by atoms with Crippen molar-refractivity contribution in [1.29, 1.82) is 0 Å². The highest BCUT2D eigenvalue weighted by Gasteiger charge is 2.08. The average molecular weight is 338 g/mol. The molecule has 0 aromatic heterocycles. The first kappa shape index (κ1) is 18.7. The molecule has 132 valence electrons. The Labute approximate surface area is 149 Å². The van der Waals surface area contributed by atoms with Gasteiger partial charge in [-0.25, -0.2) is 0 Å². The van der Waals surface area contributed by atoms with Crippen molar-refractivity contribution in [3.63, 3.8) is 0 Å². The normalized spacial score (nSPS) is 10.3. The van der Waals surface area contributed by atoms with Crippen LogP contribution in [0, 0.1) is 6.92 Å². The molecule has 0 spiro atoms. The van der Waals surface area contributed by atoms with Crippen molar-refractivity contribution in [1.82, 2.24) is 5.32 Å². The summed E-state index contributed by atoms with van der Waals surface area (Å²) in [6.45, 7) is 4.81. The molecule has 0 bridgehead atoms. The molecule has 2 aromatic carbocycles. The molecule has 0 aliphatic rings. The molecule has 0 atom stereocenters. The van der Waals surface area contributed by atoms with E-state index in [2.05, 4.69) is 17.6 Å². The summed E-state index contributed by atoms with van der Waals surface area (Å²) in [5, 5.41) is 5.77. The van der Waals surface area contributed by atoms with Gasteiger partial charge in [0.15, 0.2) is 0 Å². The molecule has 0 fully saturated rings. The van der Waals surface area contributed by atoms with Crippen LogP contribution in [0.25, 0.3) is 0 Å². The minimum atomic E-state index is -0.156. The highest BCUT2D eigenvalue weighted by molar-refractivity contribution is 6.04. The van der Waals surface area contributed by atoms with E-state index in [4.69, 9.17) is 0 Å². The SMILES string of the molecule is CCCCCCNC(=O)c1ccc(NC(=O)c2cccc(C)c2)cc1. The summed E-state index contributed by atoms with van der Waals surface area (Å²) in [5.41, 5.74) is 2.93. The molecule has 2 N–H and O–H groups in total. The number of unbranched alkanes of at least 4 members (excludes halogenated alkanes) is 3. The number of anilines is 1. The second-order valence-electron chi connectivity index (χ2n) is 6.22. The first-order valence-electron chi connectivity index (χ1n) is 8.86. The van der Waals surface area contributed by atoms with Gasteiger partial charge in [-0.05, 0) is 49.7 Å². The van der Waals surface area contributed by atoms with Gasteiger partial charge < -0.3 is 10.6 Å². The van der Waals surface area contributed by atoms with Crippen LogP contribution in [0.5, 0.6) is 0 Å². The summed E-state index contributed by atoms with van der Waals surface area (Å²) in [7, 11) is 0. The van der Waals surface area contributed by atoms with Crippen LogP contribution in [0.2, 0.25) is 0 Å². The summed E-state index contributed by atoms with van der Waals surface area (Å²) in [4.78, 5) is 24.3. The molecule has 2 amide bonds. The van der Waals surface area contributed by atoms with E-state index in [0.29, 0.717) is 23.4 Å². The maximum Gasteiger partial charge on any atom is 0.255 e. The van der Waals surface area contributed by atoms with Gasteiger partial charge in [-0.3, -0.25) is 9.59 Å². The fourth-order valence-corrected chi connectivity index (χ4v) is 2.55.